The Morgan fingerprint density at radius 1 is 1.02 bits per heavy atom. The summed E-state index contributed by atoms with van der Waals surface area (Å²) in [7, 11) is -1.51. The lowest BCUT2D eigenvalue weighted by Crippen LogP contribution is -2.57. The van der Waals surface area contributed by atoms with E-state index in [-0.39, 0.29) is 17.7 Å². The van der Waals surface area contributed by atoms with Gasteiger partial charge in [-0.15, -0.1) is 0 Å². The summed E-state index contributed by atoms with van der Waals surface area (Å²) in [5.41, 5.74) is 4.45. The Morgan fingerprint density at radius 3 is 2.51 bits per heavy atom. The van der Waals surface area contributed by atoms with Crippen LogP contribution in [-0.2, 0) is 9.84 Å². The lowest BCUT2D eigenvalue weighted by Gasteiger charge is -2.48. The highest BCUT2D eigenvalue weighted by Gasteiger charge is 2.38. The normalized spacial score (nSPS) is 17.0. The van der Waals surface area contributed by atoms with Crippen molar-refractivity contribution in [3.05, 3.63) is 72.8 Å². The molecule has 0 spiro atoms. The van der Waals surface area contributed by atoms with Crippen LogP contribution in [0.5, 0.6) is 5.75 Å². The summed E-state index contributed by atoms with van der Waals surface area (Å²) >= 11 is 0. The maximum atomic E-state index is 14.9. The molecule has 6 rings (SSSR count). The van der Waals surface area contributed by atoms with Crippen LogP contribution in [0.4, 0.5) is 10.1 Å². The first kappa shape index (κ1) is 26.8. The van der Waals surface area contributed by atoms with Gasteiger partial charge in [0.15, 0.2) is 11.6 Å². The third kappa shape index (κ3) is 4.99. The zero-order valence-corrected chi connectivity index (χ0v) is 23.8. The minimum Gasteiger partial charge on any atom is -0.496 e. The predicted molar refractivity (Wildman–Crippen MR) is 154 cm³/mol. The number of methoxy groups -OCH3 is 1. The molecule has 0 amide bonds. The molecule has 41 heavy (non-hydrogen) atoms. The molecule has 0 bridgehead atoms. The Bertz CT molecular complexity index is 1890. The second-order valence-corrected chi connectivity index (χ2v) is 12.5. The Hall–Kier alpha value is -4.45. The molecule has 1 aliphatic heterocycles. The van der Waals surface area contributed by atoms with Gasteiger partial charge < -0.3 is 9.64 Å². The smallest absolute Gasteiger partial charge is 0.156 e. The maximum Gasteiger partial charge on any atom is 0.156 e. The van der Waals surface area contributed by atoms with E-state index in [1.54, 1.807) is 42.5 Å². The van der Waals surface area contributed by atoms with Crippen molar-refractivity contribution in [2.75, 3.05) is 30.6 Å². The fourth-order valence-corrected chi connectivity index (χ4v) is 6.52. The number of aryl methyl sites for hydroxylation is 1. The van der Waals surface area contributed by atoms with Crippen LogP contribution < -0.4 is 9.64 Å². The average Bonchev–Trinajstić information content (AvgIpc) is 3.39. The van der Waals surface area contributed by atoms with Crippen molar-refractivity contribution in [1.82, 2.24) is 29.7 Å². The summed E-state index contributed by atoms with van der Waals surface area (Å²) in [5.74, 6) is 0.746. The second-order valence-electron chi connectivity index (χ2n) is 10.3. The van der Waals surface area contributed by atoms with Crippen LogP contribution >= 0.6 is 0 Å². The Balaban J connectivity index is 1.50. The van der Waals surface area contributed by atoms with Crippen LogP contribution in [-0.4, -0.2) is 69.8 Å². The topological polar surface area (TPSA) is 116 Å². The molecule has 10 nitrogen and oxygen atoms in total. The largest absolute Gasteiger partial charge is 0.496 e. The molecule has 0 saturated carbocycles. The number of anilines is 1. The number of halogens is 1. The molecule has 5 aromatic rings. The Labute approximate surface area is 236 Å². The molecule has 0 aromatic carbocycles. The molecule has 0 unspecified atom stereocenters. The van der Waals surface area contributed by atoms with Crippen molar-refractivity contribution in [1.29, 1.82) is 0 Å². The summed E-state index contributed by atoms with van der Waals surface area (Å²) in [6.45, 7) is 4.47. The number of hydrogen-bond acceptors (Lipinski definition) is 9. The number of rotatable bonds is 7. The molecule has 0 N–H and O–H groups in total. The standard InChI is InChI=1S/C29H28FN7O3S/c1-17-22-13-33-37(27(22)11-26(34-17)23-12-31-8-6-28(23)40-3)29-10-20(36-15-19(18(36)2)16-41(4,38)39)9-25(35-29)21-5-7-32-14-24(21)30/h5-14,18-19H,15-16H2,1-4H3/t18-,19-/m1/s1. The zero-order valence-electron chi connectivity index (χ0n) is 23.0. The number of ether oxygens (including phenoxy) is 1. The van der Waals surface area contributed by atoms with E-state index in [1.165, 1.54) is 12.5 Å². The summed E-state index contributed by atoms with van der Waals surface area (Å²) < 4.78 is 46.0. The van der Waals surface area contributed by atoms with Gasteiger partial charge in [0, 0.05) is 71.7 Å². The molecule has 6 heterocycles. The van der Waals surface area contributed by atoms with E-state index in [0.717, 1.165) is 34.0 Å². The van der Waals surface area contributed by atoms with Crippen LogP contribution in [0.1, 0.15) is 12.6 Å². The number of pyridine rings is 4. The molecule has 0 aliphatic carbocycles. The van der Waals surface area contributed by atoms with Crippen LogP contribution in [0, 0.1) is 18.7 Å². The van der Waals surface area contributed by atoms with E-state index in [1.807, 2.05) is 32.0 Å². The van der Waals surface area contributed by atoms with E-state index in [9.17, 15) is 12.8 Å². The van der Waals surface area contributed by atoms with Crippen molar-refractivity contribution in [2.24, 2.45) is 5.92 Å². The summed E-state index contributed by atoms with van der Waals surface area (Å²) in [4.78, 5) is 19.8. The predicted octanol–water partition coefficient (Wildman–Crippen LogP) is 4.26. The fourth-order valence-electron chi connectivity index (χ4n) is 5.36. The van der Waals surface area contributed by atoms with Crippen LogP contribution in [0.15, 0.2) is 61.3 Å². The molecule has 0 radical (unpaired) electrons. The van der Waals surface area contributed by atoms with E-state index >= 15 is 0 Å². The van der Waals surface area contributed by atoms with Gasteiger partial charge in [-0.1, -0.05) is 0 Å². The molecule has 5 aromatic heterocycles. The average molecular weight is 574 g/mol. The molecular formula is C29H28FN7O3S. The van der Waals surface area contributed by atoms with Crippen LogP contribution in [0.3, 0.4) is 0 Å². The van der Waals surface area contributed by atoms with Crippen LogP contribution in [0.2, 0.25) is 0 Å². The van der Waals surface area contributed by atoms with Gasteiger partial charge in [0.2, 0.25) is 0 Å². The highest BCUT2D eigenvalue weighted by Crippen LogP contribution is 2.36. The van der Waals surface area contributed by atoms with Gasteiger partial charge in [0.25, 0.3) is 0 Å². The highest BCUT2D eigenvalue weighted by atomic mass is 32.2. The number of aromatic nitrogens is 6. The first-order valence-corrected chi connectivity index (χ1v) is 15.1. The summed E-state index contributed by atoms with van der Waals surface area (Å²) in [6, 6.07) is 8.95. The lowest BCUT2D eigenvalue weighted by atomic mass is 9.91. The molecule has 1 aliphatic rings. The van der Waals surface area contributed by atoms with Gasteiger partial charge in [-0.2, -0.15) is 5.10 Å². The Kier molecular flexibility index (Phi) is 6.65. The van der Waals surface area contributed by atoms with Crippen molar-refractivity contribution < 1.29 is 17.5 Å². The lowest BCUT2D eigenvalue weighted by molar-refractivity contribution is 0.341. The summed E-state index contributed by atoms with van der Waals surface area (Å²) in [5, 5.41) is 5.49. The number of fused-ring (bicyclic) bond motifs is 1. The number of sulfone groups is 1. The zero-order chi connectivity index (χ0) is 28.9. The SMILES string of the molecule is COc1ccncc1-c1cc2c(cnn2-c2cc(N3C[C@H](CS(C)(=O)=O)[C@H]3C)cc(-c3ccncc3F)n2)c(C)n1. The molecular weight excluding hydrogens is 545 g/mol. The molecule has 1 fully saturated rings. The van der Waals surface area contributed by atoms with Crippen molar-refractivity contribution >= 4 is 26.4 Å². The fraction of sp³-hybridized carbons (Fsp3) is 0.276. The first-order valence-electron chi connectivity index (χ1n) is 13.0. The highest BCUT2D eigenvalue weighted by molar-refractivity contribution is 7.90. The molecule has 12 heteroatoms. The molecule has 2 atom stereocenters. The third-order valence-electron chi connectivity index (χ3n) is 7.55. The Morgan fingerprint density at radius 2 is 1.78 bits per heavy atom. The van der Waals surface area contributed by atoms with Crippen molar-refractivity contribution in [3.63, 3.8) is 0 Å². The summed E-state index contributed by atoms with van der Waals surface area (Å²) in [6.07, 6.45) is 9.03. The second kappa shape index (κ2) is 10.2. The van der Waals surface area contributed by atoms with Crippen molar-refractivity contribution in [3.8, 4) is 34.1 Å². The maximum absolute atomic E-state index is 14.9. The van der Waals surface area contributed by atoms with Gasteiger partial charge in [-0.25, -0.2) is 22.5 Å². The van der Waals surface area contributed by atoms with E-state index < -0.39 is 15.7 Å². The van der Waals surface area contributed by atoms with Gasteiger partial charge in [-0.05, 0) is 38.1 Å². The minimum absolute atomic E-state index is 0.000922. The van der Waals surface area contributed by atoms with E-state index in [0.29, 0.717) is 35.1 Å². The van der Waals surface area contributed by atoms with Gasteiger partial charge in [0.1, 0.15) is 15.6 Å². The molecule has 1 saturated heterocycles. The van der Waals surface area contributed by atoms with Gasteiger partial charge in [-0.3, -0.25) is 15.0 Å². The van der Waals surface area contributed by atoms with Crippen molar-refractivity contribution in [2.45, 2.75) is 19.9 Å². The third-order valence-corrected chi connectivity index (χ3v) is 8.58. The quantitative estimate of drug-likeness (QED) is 0.282. The van der Waals surface area contributed by atoms with E-state index in [4.69, 9.17) is 14.7 Å². The monoisotopic (exact) mass is 573 g/mol. The van der Waals surface area contributed by atoms with Crippen LogP contribution in [0.25, 0.3) is 39.2 Å². The first-order chi connectivity index (χ1) is 19.6. The van der Waals surface area contributed by atoms with Gasteiger partial charge >= 0.3 is 0 Å². The molecule has 210 valence electrons. The van der Waals surface area contributed by atoms with Gasteiger partial charge in [0.05, 0.1) is 47.7 Å². The number of nitrogens with zero attached hydrogens (tertiary/aromatic N) is 7. The minimum atomic E-state index is -3.11. The van der Waals surface area contributed by atoms with E-state index in [2.05, 4.69) is 20.0 Å². The number of hydrogen-bond donors (Lipinski definition) is 0.